The fourth-order valence-electron chi connectivity index (χ4n) is 17.8. The molecule has 6 N–H and O–H groups in total. The molecule has 0 aliphatic heterocycles. The number of anilines is 12. The van der Waals surface area contributed by atoms with Gasteiger partial charge in [-0.05, 0) is 291 Å². The number of halogens is 1. The minimum absolute atomic E-state index is 0.157. The van der Waals surface area contributed by atoms with Crippen molar-refractivity contribution in [2.75, 3.05) is 31.9 Å². The minimum atomic E-state index is -0.157. The average Bonchev–Trinajstić information content (AvgIpc) is 1.62. The van der Waals surface area contributed by atoms with Crippen molar-refractivity contribution >= 4 is 257 Å². The Bertz CT molecular complexity index is 8630. The van der Waals surface area contributed by atoms with Crippen molar-refractivity contribution in [2.24, 2.45) is 0 Å². The second-order valence-corrected chi connectivity index (χ2v) is 40.5. The number of para-hydroxylation sites is 5. The highest BCUT2D eigenvalue weighted by molar-refractivity contribution is 7.28. The van der Waals surface area contributed by atoms with Crippen LogP contribution in [0.25, 0.3) is 143 Å². The predicted octanol–water partition coefficient (Wildman–Crippen LogP) is 39.5. The molecule has 0 aliphatic rings. The van der Waals surface area contributed by atoms with Crippen LogP contribution >= 0.6 is 68.0 Å². The van der Waals surface area contributed by atoms with E-state index in [2.05, 4.69) is 387 Å². The van der Waals surface area contributed by atoms with E-state index in [4.69, 9.17) is 0 Å². The fraction of sp³-hybridized carbons (Fsp3) is 0.0323. The molecule has 13 heteroatoms. The molecule has 0 saturated carbocycles. The Morgan fingerprint density at radius 1 is 0.161 bits per heavy atom. The summed E-state index contributed by atoms with van der Waals surface area (Å²) in [5.74, 6) is -0.157. The molecule has 0 unspecified atom stereocenters. The molecule has 26 rings (SSSR count). The molecule has 662 valence electrons. The zero-order valence-electron chi connectivity index (χ0n) is 75.6. The van der Waals surface area contributed by atoms with Crippen LogP contribution in [0.3, 0.4) is 0 Å². The third-order valence-electron chi connectivity index (χ3n) is 24.2. The second-order valence-electron chi connectivity index (χ2n) is 34.0. The van der Waals surface area contributed by atoms with Crippen molar-refractivity contribution < 1.29 is 4.39 Å². The van der Waals surface area contributed by atoms with Crippen LogP contribution in [-0.4, -0.2) is 0 Å². The Morgan fingerprint density at radius 2 is 0.438 bits per heavy atom. The molecule has 0 bridgehead atoms. The number of hydrogen-bond donors (Lipinski definition) is 6. The molecule has 0 amide bonds. The molecule has 0 saturated heterocycles. The van der Waals surface area contributed by atoms with E-state index in [0.717, 1.165) is 83.0 Å². The molecule has 0 radical (unpaired) electrons. The molecule has 26 aromatic rings. The Morgan fingerprint density at radius 3 is 0.883 bits per heavy atom. The van der Waals surface area contributed by atoms with Gasteiger partial charge in [-0.3, -0.25) is 0 Å². The van der Waals surface area contributed by atoms with Gasteiger partial charge in [-0.15, -0.1) is 68.0 Å². The third kappa shape index (κ3) is 20.0. The second kappa shape index (κ2) is 40.3. The summed E-state index contributed by atoms with van der Waals surface area (Å²) in [5, 5.41) is 35.9. The number of hydrogen-bond acceptors (Lipinski definition) is 12. The van der Waals surface area contributed by atoms with Crippen LogP contribution in [0, 0.1) is 33.5 Å². The highest BCUT2D eigenvalue weighted by atomic mass is 32.1. The van der Waals surface area contributed by atoms with E-state index in [0.29, 0.717) is 5.39 Å². The van der Waals surface area contributed by atoms with Crippen molar-refractivity contribution in [1.82, 2.24) is 0 Å². The van der Waals surface area contributed by atoms with Gasteiger partial charge in [0.25, 0.3) is 0 Å². The Hall–Kier alpha value is -15.6. The van der Waals surface area contributed by atoms with Gasteiger partial charge in [0, 0.05) is 189 Å². The molecule has 0 spiro atoms. The van der Waals surface area contributed by atoms with Crippen LogP contribution in [0.1, 0.15) is 22.3 Å². The summed E-state index contributed by atoms with van der Waals surface area (Å²) < 4.78 is 29.6. The Kier molecular flexibility index (Phi) is 25.9. The molecular weight excluding hydrogens is 1780 g/mol. The maximum absolute atomic E-state index is 14.1. The first kappa shape index (κ1) is 88.1. The van der Waals surface area contributed by atoms with Crippen LogP contribution in [0.5, 0.6) is 0 Å². The molecule has 0 atom stereocenters. The lowest BCUT2D eigenvalue weighted by atomic mass is 9.98. The van der Waals surface area contributed by atoms with Crippen LogP contribution in [0.15, 0.2) is 455 Å². The predicted molar refractivity (Wildman–Crippen MR) is 604 cm³/mol. The van der Waals surface area contributed by atoms with E-state index >= 15 is 0 Å². The number of thiophene rings is 6. The quantitative estimate of drug-likeness (QED) is 0.0652. The molecular formula is C124H93FN6S6. The van der Waals surface area contributed by atoms with Crippen molar-refractivity contribution in [3.05, 3.63) is 483 Å². The van der Waals surface area contributed by atoms with Gasteiger partial charge in [0.05, 0.1) is 0 Å². The van der Waals surface area contributed by atoms with Gasteiger partial charge in [0.2, 0.25) is 0 Å². The molecule has 20 aromatic carbocycles. The van der Waals surface area contributed by atoms with Crippen molar-refractivity contribution in [1.29, 1.82) is 0 Å². The van der Waals surface area contributed by atoms with E-state index in [-0.39, 0.29) is 5.82 Å². The van der Waals surface area contributed by atoms with E-state index in [1.54, 1.807) is 17.4 Å². The molecule has 137 heavy (non-hydrogen) atoms. The molecule has 6 heterocycles. The normalized spacial score (nSPS) is 11.1. The maximum atomic E-state index is 14.1. The van der Waals surface area contributed by atoms with Gasteiger partial charge in [-0.1, -0.05) is 236 Å². The first-order valence-electron chi connectivity index (χ1n) is 45.7. The summed E-state index contributed by atoms with van der Waals surface area (Å²) in [6, 6.07) is 159. The SMILES string of the molecule is Cc1ccc2c(c1)sc1ccc(Nc3ccccc3)cc12.Cc1cccc(-c2cccc3sc4ccc(Nc5ccccc5)cc4c23)c1.Cc1cccc(Nc2ccc3sc4ccccc4c3c2)c1.Cc1cccc2sc3ccc(Nc4ccccc4)cc3c12.Fc1cccc2sc3ccc(Nc4ccccc4)cc3c12.c1ccc(Nc2ccc3sc4cccc(-c5ccccc5)c4c3c2)cc1. The van der Waals surface area contributed by atoms with E-state index in [9.17, 15) is 4.39 Å². The largest absolute Gasteiger partial charge is 0.356 e. The van der Waals surface area contributed by atoms with Gasteiger partial charge in [0.1, 0.15) is 5.82 Å². The summed E-state index contributed by atoms with van der Waals surface area (Å²) in [7, 11) is 0. The van der Waals surface area contributed by atoms with Gasteiger partial charge in [0.15, 0.2) is 0 Å². The number of rotatable bonds is 14. The van der Waals surface area contributed by atoms with Crippen LogP contribution in [-0.2, 0) is 0 Å². The number of aryl methyl sites for hydroxylation is 4. The average molecular weight is 1880 g/mol. The van der Waals surface area contributed by atoms with Gasteiger partial charge in [-0.25, -0.2) is 4.39 Å². The lowest BCUT2D eigenvalue weighted by molar-refractivity contribution is 0.641. The summed E-state index contributed by atoms with van der Waals surface area (Å²) >= 11 is 10.9. The van der Waals surface area contributed by atoms with Gasteiger partial charge >= 0.3 is 0 Å². The third-order valence-corrected chi connectivity index (χ3v) is 31.0. The number of nitrogens with one attached hydrogen (secondary N) is 6. The molecule has 0 aliphatic carbocycles. The molecule has 6 nitrogen and oxygen atoms in total. The Labute approximate surface area is 819 Å². The smallest absolute Gasteiger partial charge is 0.132 e. The lowest BCUT2D eigenvalue weighted by Crippen LogP contribution is -1.89. The van der Waals surface area contributed by atoms with Crippen LogP contribution in [0.2, 0.25) is 0 Å². The first-order valence-corrected chi connectivity index (χ1v) is 50.6. The van der Waals surface area contributed by atoms with E-state index < -0.39 is 0 Å². The Balaban J connectivity index is 0.0000000985. The maximum Gasteiger partial charge on any atom is 0.132 e. The monoisotopic (exact) mass is 1880 g/mol. The highest BCUT2D eigenvalue weighted by Gasteiger charge is 2.18. The summed E-state index contributed by atoms with van der Waals surface area (Å²) in [6.07, 6.45) is 0. The summed E-state index contributed by atoms with van der Waals surface area (Å²) in [6.45, 7) is 8.59. The van der Waals surface area contributed by atoms with E-state index in [1.165, 1.54) is 151 Å². The lowest BCUT2D eigenvalue weighted by Gasteiger charge is -2.08. The number of fused-ring (bicyclic) bond motifs is 18. The standard InChI is InChI=1S/C25H19NS.C24H17NS.3C19H15NS.C18H12FNS/c1-17-7-5-8-18(15-17)21-11-6-12-24-25(21)22-16-20(13-14-23(22)27-24)26-19-9-3-2-4-10-19;1-3-8-17(9-4-1)20-12-7-13-23-24(20)21-16-19(14-15-22(21)26-23)25-18-10-5-2-6-11-18;1-13-5-4-6-14(11-13)20-15-9-10-19-17(12-15)16-7-2-3-8-18(16)21-19;1-13-6-5-9-18-19(13)16-12-15(10-11-17(16)21-18)20-14-7-3-2-4-8-14;1-13-7-9-16-17-12-15(20-14-5-3-2-4-6-14)8-10-18(17)21-19(16)11-13;19-15-7-4-8-17-18(15)14-11-13(9-10-16(14)21-17)20-12-5-2-1-3-6-12/h2-16,26H,1H3;1-16,25H;3*2-12,20H,1H3;1-11,20H. The zero-order valence-corrected chi connectivity index (χ0v) is 80.5. The van der Waals surface area contributed by atoms with Crippen molar-refractivity contribution in [2.45, 2.75) is 27.7 Å². The minimum Gasteiger partial charge on any atom is -0.356 e. The van der Waals surface area contributed by atoms with Gasteiger partial charge < -0.3 is 31.9 Å². The topological polar surface area (TPSA) is 72.2 Å². The summed E-state index contributed by atoms with van der Waals surface area (Å²) in [5.41, 5.74) is 23.6. The fourth-order valence-corrected chi connectivity index (χ4v) is 24.5. The van der Waals surface area contributed by atoms with Gasteiger partial charge in [-0.2, -0.15) is 0 Å². The van der Waals surface area contributed by atoms with E-state index in [1.807, 2.05) is 172 Å². The summed E-state index contributed by atoms with van der Waals surface area (Å²) in [4.78, 5) is 0. The first-order chi connectivity index (χ1) is 67.4. The number of benzene rings is 20. The zero-order chi connectivity index (χ0) is 92.5. The van der Waals surface area contributed by atoms with Crippen LogP contribution in [0.4, 0.5) is 72.6 Å². The van der Waals surface area contributed by atoms with Crippen molar-refractivity contribution in [3.63, 3.8) is 0 Å². The van der Waals surface area contributed by atoms with Crippen molar-refractivity contribution in [3.8, 4) is 22.3 Å². The highest BCUT2D eigenvalue weighted by Crippen LogP contribution is 2.47. The molecule has 0 fully saturated rings. The van der Waals surface area contributed by atoms with Crippen LogP contribution < -0.4 is 31.9 Å². The molecule has 6 aromatic heterocycles.